The second-order valence-corrected chi connectivity index (χ2v) is 12.0. The summed E-state index contributed by atoms with van der Waals surface area (Å²) in [6.45, 7) is 3.59. The molecular formula is C38H38N4O6. The van der Waals surface area contributed by atoms with Crippen molar-refractivity contribution in [3.8, 4) is 39.4 Å². The molecular weight excluding hydrogens is 608 g/mol. The van der Waals surface area contributed by atoms with Gasteiger partial charge in [0.05, 0.1) is 19.9 Å². The first-order chi connectivity index (χ1) is 23.2. The summed E-state index contributed by atoms with van der Waals surface area (Å²) < 4.78 is 18.9. The fraction of sp³-hybridized carbons (Fsp3) is 0.263. The summed E-state index contributed by atoms with van der Waals surface area (Å²) in [4.78, 5) is 45.5. The van der Waals surface area contributed by atoms with E-state index in [9.17, 15) is 14.4 Å². The van der Waals surface area contributed by atoms with Crippen LogP contribution in [0, 0.1) is 12.8 Å². The number of rotatable bonds is 10. The lowest BCUT2D eigenvalue weighted by atomic mass is 9.98. The van der Waals surface area contributed by atoms with Crippen LogP contribution in [0.3, 0.4) is 0 Å². The molecule has 1 aliphatic heterocycles. The summed E-state index contributed by atoms with van der Waals surface area (Å²) in [5.41, 5.74) is 10.6. The highest BCUT2D eigenvalue weighted by molar-refractivity contribution is 5.97. The molecule has 2 N–H and O–H groups in total. The zero-order chi connectivity index (χ0) is 33.8. The van der Waals surface area contributed by atoms with Gasteiger partial charge in [0, 0.05) is 49.7 Å². The molecule has 0 spiro atoms. The van der Waals surface area contributed by atoms with E-state index in [1.54, 1.807) is 32.5 Å². The SMILES string of the molecule is COc1ccc(-c2cnc(N)c(-c3ccc(CC(=O)c4cn(CC5CCOCC5)c(=O)n(-c5ccc(C)cc5)c4=O)cc3)c2)cc1OC. The molecule has 6 rings (SSSR count). The van der Waals surface area contributed by atoms with Crippen molar-refractivity contribution in [1.29, 1.82) is 0 Å². The number of anilines is 1. The minimum atomic E-state index is -0.625. The zero-order valence-electron chi connectivity index (χ0n) is 27.3. The number of carbonyl (C=O) groups excluding carboxylic acids is 1. The summed E-state index contributed by atoms with van der Waals surface area (Å²) in [6, 6.07) is 22.2. The van der Waals surface area contributed by atoms with Crippen LogP contribution in [0.2, 0.25) is 0 Å². The first-order valence-corrected chi connectivity index (χ1v) is 15.9. The van der Waals surface area contributed by atoms with E-state index in [0.29, 0.717) is 42.8 Å². The summed E-state index contributed by atoms with van der Waals surface area (Å²) in [5.74, 6) is 1.44. The Balaban J connectivity index is 1.29. The predicted octanol–water partition coefficient (Wildman–Crippen LogP) is 5.49. The van der Waals surface area contributed by atoms with Crippen molar-refractivity contribution in [1.82, 2.24) is 14.1 Å². The molecule has 1 saturated heterocycles. The maximum atomic E-state index is 13.7. The minimum absolute atomic E-state index is 0.0156. The molecule has 1 fully saturated rings. The van der Waals surface area contributed by atoms with Gasteiger partial charge in [-0.15, -0.1) is 0 Å². The number of nitrogens with two attached hydrogens (primary N) is 1. The normalized spacial score (nSPS) is 13.3. The molecule has 0 aliphatic carbocycles. The summed E-state index contributed by atoms with van der Waals surface area (Å²) >= 11 is 0. The average Bonchev–Trinajstić information content (AvgIpc) is 3.11. The quantitative estimate of drug-likeness (QED) is 0.198. The third kappa shape index (κ3) is 6.79. The van der Waals surface area contributed by atoms with E-state index in [-0.39, 0.29) is 23.7 Å². The molecule has 0 amide bonds. The van der Waals surface area contributed by atoms with Crippen LogP contribution >= 0.6 is 0 Å². The Hall–Kier alpha value is -5.48. The van der Waals surface area contributed by atoms with Crippen molar-refractivity contribution in [3.05, 3.63) is 123 Å². The first-order valence-electron chi connectivity index (χ1n) is 15.9. The van der Waals surface area contributed by atoms with Crippen LogP contribution in [0.25, 0.3) is 27.9 Å². The topological polar surface area (TPSA) is 128 Å². The van der Waals surface area contributed by atoms with Gasteiger partial charge in [0.15, 0.2) is 17.3 Å². The molecule has 10 nitrogen and oxygen atoms in total. The standard InChI is InChI=1S/C38H38N4O6/c1-24-4-11-30(12-5-24)42-37(44)32(23-41(38(42)45)22-26-14-16-48-17-15-26)33(43)18-25-6-8-27(9-7-25)31-19-29(21-40-36(31)39)28-10-13-34(46-2)35(20-28)47-3/h4-13,19-21,23,26H,14-18,22H2,1-3H3,(H2,39,40). The van der Waals surface area contributed by atoms with E-state index in [1.807, 2.05) is 67.6 Å². The second kappa shape index (κ2) is 14.1. The number of aromatic nitrogens is 3. The number of methoxy groups -OCH3 is 2. The Labute approximate surface area is 278 Å². The number of hydrogen-bond donors (Lipinski definition) is 1. The van der Waals surface area contributed by atoms with Gasteiger partial charge in [-0.25, -0.2) is 14.3 Å². The number of aryl methyl sites for hydroxylation is 1. The van der Waals surface area contributed by atoms with Crippen molar-refractivity contribution in [3.63, 3.8) is 0 Å². The van der Waals surface area contributed by atoms with Gasteiger partial charge >= 0.3 is 5.69 Å². The second-order valence-electron chi connectivity index (χ2n) is 12.0. The van der Waals surface area contributed by atoms with Crippen LogP contribution in [0.4, 0.5) is 5.82 Å². The molecule has 3 aromatic carbocycles. The lowest BCUT2D eigenvalue weighted by molar-refractivity contribution is 0.0607. The van der Waals surface area contributed by atoms with Crippen molar-refractivity contribution >= 4 is 11.6 Å². The van der Waals surface area contributed by atoms with Crippen molar-refractivity contribution in [2.75, 3.05) is 33.2 Å². The van der Waals surface area contributed by atoms with Gasteiger partial charge in [-0.2, -0.15) is 0 Å². The van der Waals surface area contributed by atoms with Gasteiger partial charge in [0.25, 0.3) is 5.56 Å². The molecule has 246 valence electrons. The molecule has 0 atom stereocenters. The molecule has 2 aromatic heterocycles. The maximum Gasteiger partial charge on any atom is 0.335 e. The Bertz CT molecular complexity index is 2060. The minimum Gasteiger partial charge on any atom is -0.493 e. The van der Waals surface area contributed by atoms with Crippen molar-refractivity contribution in [2.45, 2.75) is 32.7 Å². The zero-order valence-corrected chi connectivity index (χ0v) is 27.3. The molecule has 0 saturated carbocycles. The van der Waals surface area contributed by atoms with Crippen molar-refractivity contribution in [2.24, 2.45) is 5.92 Å². The van der Waals surface area contributed by atoms with Gasteiger partial charge in [0.1, 0.15) is 11.4 Å². The number of benzene rings is 3. The van der Waals surface area contributed by atoms with Crippen molar-refractivity contribution < 1.29 is 19.0 Å². The molecule has 3 heterocycles. The molecule has 0 unspecified atom stereocenters. The Morgan fingerprint density at radius 3 is 2.27 bits per heavy atom. The number of hydrogen-bond acceptors (Lipinski definition) is 8. The van der Waals surface area contributed by atoms with Gasteiger partial charge < -0.3 is 19.9 Å². The lowest BCUT2D eigenvalue weighted by Crippen LogP contribution is -2.42. The first kappa shape index (κ1) is 32.5. The number of ether oxygens (including phenoxy) is 3. The highest BCUT2D eigenvalue weighted by atomic mass is 16.5. The van der Waals surface area contributed by atoms with Gasteiger partial charge in [0.2, 0.25) is 0 Å². The number of nitrogens with zero attached hydrogens (tertiary/aromatic N) is 3. The molecule has 0 bridgehead atoms. The monoisotopic (exact) mass is 646 g/mol. The largest absolute Gasteiger partial charge is 0.493 e. The fourth-order valence-corrected chi connectivity index (χ4v) is 6.02. The van der Waals surface area contributed by atoms with Gasteiger partial charge in [-0.1, -0.05) is 48.0 Å². The van der Waals surface area contributed by atoms with Crippen LogP contribution in [0.15, 0.2) is 94.8 Å². The summed E-state index contributed by atoms with van der Waals surface area (Å²) in [6.07, 6.45) is 4.75. The van der Waals surface area contributed by atoms with Crippen LogP contribution in [0.5, 0.6) is 11.5 Å². The van der Waals surface area contributed by atoms with Gasteiger partial charge in [-0.05, 0) is 72.7 Å². The Morgan fingerprint density at radius 2 is 1.58 bits per heavy atom. The van der Waals surface area contributed by atoms with E-state index in [0.717, 1.165) is 50.8 Å². The predicted molar refractivity (Wildman–Crippen MR) is 185 cm³/mol. The molecule has 10 heteroatoms. The highest BCUT2D eigenvalue weighted by Gasteiger charge is 2.22. The molecule has 0 radical (unpaired) electrons. The Kier molecular flexibility index (Phi) is 9.54. The van der Waals surface area contributed by atoms with Crippen LogP contribution in [-0.2, 0) is 17.7 Å². The molecule has 5 aromatic rings. The Morgan fingerprint density at radius 1 is 0.896 bits per heavy atom. The highest BCUT2D eigenvalue weighted by Crippen LogP contribution is 2.35. The van der Waals surface area contributed by atoms with E-state index < -0.39 is 11.2 Å². The summed E-state index contributed by atoms with van der Waals surface area (Å²) in [7, 11) is 3.18. The van der Waals surface area contributed by atoms with Crippen LogP contribution in [-0.4, -0.2) is 47.3 Å². The fourth-order valence-electron chi connectivity index (χ4n) is 6.02. The van der Waals surface area contributed by atoms with E-state index in [1.165, 1.54) is 10.8 Å². The number of pyridine rings is 1. The number of carbonyl (C=O) groups is 1. The summed E-state index contributed by atoms with van der Waals surface area (Å²) in [5, 5.41) is 0. The van der Waals surface area contributed by atoms with E-state index in [2.05, 4.69) is 4.98 Å². The third-order valence-corrected chi connectivity index (χ3v) is 8.81. The number of Topliss-reactive ketones (excluding diaryl/α,β-unsaturated/α-hetero) is 1. The smallest absolute Gasteiger partial charge is 0.335 e. The van der Waals surface area contributed by atoms with E-state index >= 15 is 0 Å². The van der Waals surface area contributed by atoms with Crippen LogP contribution < -0.4 is 26.5 Å². The maximum absolute atomic E-state index is 13.7. The van der Waals surface area contributed by atoms with Crippen LogP contribution in [0.1, 0.15) is 34.3 Å². The number of nitrogen functional groups attached to an aromatic ring is 1. The van der Waals surface area contributed by atoms with Gasteiger partial charge in [-0.3, -0.25) is 14.2 Å². The molecule has 1 aliphatic rings. The number of ketones is 1. The third-order valence-electron chi connectivity index (χ3n) is 8.81. The lowest BCUT2D eigenvalue weighted by Gasteiger charge is -2.23. The molecule has 48 heavy (non-hydrogen) atoms. The average molecular weight is 647 g/mol. The van der Waals surface area contributed by atoms with E-state index in [4.69, 9.17) is 19.9 Å².